The number of hydrogen-bond acceptors (Lipinski definition) is 2. The van der Waals surface area contributed by atoms with Gasteiger partial charge in [0.2, 0.25) is 0 Å². The second kappa shape index (κ2) is 3.21. The quantitative estimate of drug-likeness (QED) is 0.684. The van der Waals surface area contributed by atoms with Crippen molar-refractivity contribution >= 4 is 27.1 Å². The van der Waals surface area contributed by atoms with E-state index in [1.807, 2.05) is 13.8 Å². The molecule has 0 aliphatic heterocycles. The number of aryl methyl sites for hydroxylation is 2. The van der Waals surface area contributed by atoms with Crippen LogP contribution in [0.1, 0.15) is 23.1 Å². The molecule has 0 saturated carbocycles. The molecule has 0 fully saturated rings. The van der Waals surface area contributed by atoms with Gasteiger partial charge >= 0.3 is 0 Å². The van der Waals surface area contributed by atoms with E-state index in [4.69, 9.17) is 0 Å². The number of allylic oxidation sites excluding steroid dienone is 1. The maximum atomic E-state index is 4.46. The molecular weight excluding hydrogens is 190 g/mol. The molecule has 0 saturated heterocycles. The van der Waals surface area contributed by atoms with E-state index in [0.717, 1.165) is 16.1 Å². The van der Waals surface area contributed by atoms with Crippen LogP contribution in [0.15, 0.2) is 18.7 Å². The summed E-state index contributed by atoms with van der Waals surface area (Å²) in [7, 11) is 0. The highest BCUT2D eigenvalue weighted by Crippen LogP contribution is 2.27. The Morgan fingerprint density at radius 3 is 2.71 bits per heavy atom. The van der Waals surface area contributed by atoms with Crippen LogP contribution >= 0.6 is 11.3 Å². The van der Waals surface area contributed by atoms with Gasteiger partial charge in [-0.1, -0.05) is 12.2 Å². The molecule has 0 unspecified atom stereocenters. The van der Waals surface area contributed by atoms with E-state index in [1.54, 1.807) is 11.3 Å². The molecule has 1 heterocycles. The number of rotatable bonds is 1. The van der Waals surface area contributed by atoms with Gasteiger partial charge in [-0.15, -0.1) is 11.3 Å². The largest absolute Gasteiger partial charge is 0.242 e. The van der Waals surface area contributed by atoms with Crippen LogP contribution in [-0.4, -0.2) is 4.98 Å². The average Bonchev–Trinajstić information content (AvgIpc) is 2.42. The van der Waals surface area contributed by atoms with Gasteiger partial charge in [-0.3, -0.25) is 0 Å². The minimum absolute atomic E-state index is 1.11. The molecule has 1 nitrogen and oxygen atoms in total. The first-order valence-corrected chi connectivity index (χ1v) is 5.43. The summed E-state index contributed by atoms with van der Waals surface area (Å²) in [5, 5.41) is 1.12. The maximum Gasteiger partial charge on any atom is 0.0907 e. The van der Waals surface area contributed by atoms with Crippen LogP contribution in [0.25, 0.3) is 15.8 Å². The highest BCUT2D eigenvalue weighted by Gasteiger charge is 2.05. The molecule has 2 aromatic rings. The lowest BCUT2D eigenvalue weighted by molar-refractivity contribution is 1.33. The summed E-state index contributed by atoms with van der Waals surface area (Å²) in [5.74, 6) is 0. The fourth-order valence-electron chi connectivity index (χ4n) is 1.65. The zero-order chi connectivity index (χ0) is 10.3. The normalized spacial score (nSPS) is 10.8. The molecule has 2 rings (SSSR count). The first kappa shape index (κ1) is 9.41. The summed E-state index contributed by atoms with van der Waals surface area (Å²) in [6, 6.07) is 4.33. The molecule has 0 spiro atoms. The van der Waals surface area contributed by atoms with Crippen molar-refractivity contribution in [3.63, 3.8) is 0 Å². The monoisotopic (exact) mass is 203 g/mol. The van der Waals surface area contributed by atoms with E-state index in [-0.39, 0.29) is 0 Å². The molecule has 0 amide bonds. The third kappa shape index (κ3) is 1.46. The van der Waals surface area contributed by atoms with Crippen LogP contribution in [0.5, 0.6) is 0 Å². The van der Waals surface area contributed by atoms with Gasteiger partial charge in [0, 0.05) is 0 Å². The van der Waals surface area contributed by atoms with Crippen LogP contribution in [0, 0.1) is 13.8 Å². The van der Waals surface area contributed by atoms with E-state index in [9.17, 15) is 0 Å². The Balaban J connectivity index is 2.76. The Hall–Kier alpha value is -1.15. The number of hydrogen-bond donors (Lipinski definition) is 0. The summed E-state index contributed by atoms with van der Waals surface area (Å²) < 4.78 is 1.26. The Bertz CT molecular complexity index is 508. The number of nitrogens with zero attached hydrogens (tertiary/aromatic N) is 1. The average molecular weight is 203 g/mol. The summed E-state index contributed by atoms with van der Waals surface area (Å²) in [4.78, 5) is 4.46. The topological polar surface area (TPSA) is 12.9 Å². The van der Waals surface area contributed by atoms with Crippen LogP contribution in [0.2, 0.25) is 0 Å². The molecule has 0 aliphatic carbocycles. The van der Waals surface area contributed by atoms with Crippen LogP contribution in [0.4, 0.5) is 0 Å². The summed E-state index contributed by atoms with van der Waals surface area (Å²) in [5.41, 5.74) is 4.74. The van der Waals surface area contributed by atoms with Crippen LogP contribution in [-0.2, 0) is 0 Å². The maximum absolute atomic E-state index is 4.46. The van der Waals surface area contributed by atoms with E-state index in [2.05, 4.69) is 30.6 Å². The molecule has 0 N–H and O–H groups in total. The molecule has 14 heavy (non-hydrogen) atoms. The second-order valence-corrected chi connectivity index (χ2v) is 4.88. The standard InChI is InChI=1S/C12H13NS/c1-7(2)10-6-12-11(5-8(10)3)13-9(4)14-12/h5-6H,1H2,2-4H3. The second-order valence-electron chi connectivity index (χ2n) is 3.65. The van der Waals surface area contributed by atoms with Crippen molar-refractivity contribution in [2.45, 2.75) is 20.8 Å². The minimum atomic E-state index is 1.11. The lowest BCUT2D eigenvalue weighted by atomic mass is 10.0. The summed E-state index contributed by atoms with van der Waals surface area (Å²) in [6.45, 7) is 10.2. The SMILES string of the molecule is C=C(C)c1cc2sc(C)nc2cc1C. The molecule has 1 aromatic carbocycles. The first-order chi connectivity index (χ1) is 6.58. The Morgan fingerprint density at radius 1 is 1.36 bits per heavy atom. The van der Waals surface area contributed by atoms with Gasteiger partial charge in [-0.25, -0.2) is 4.98 Å². The van der Waals surface area contributed by atoms with Gasteiger partial charge in [0.1, 0.15) is 0 Å². The van der Waals surface area contributed by atoms with Crippen molar-refractivity contribution in [2.75, 3.05) is 0 Å². The number of thiazole rings is 1. The molecule has 72 valence electrons. The zero-order valence-corrected chi connectivity index (χ0v) is 9.53. The van der Waals surface area contributed by atoms with E-state index in [1.165, 1.54) is 15.8 Å². The van der Waals surface area contributed by atoms with Gasteiger partial charge < -0.3 is 0 Å². The fourth-order valence-corrected chi connectivity index (χ4v) is 2.50. The highest BCUT2D eigenvalue weighted by atomic mass is 32.1. The van der Waals surface area contributed by atoms with Crippen molar-refractivity contribution in [1.82, 2.24) is 4.98 Å². The fraction of sp³-hybridized carbons (Fsp3) is 0.250. The minimum Gasteiger partial charge on any atom is -0.242 e. The van der Waals surface area contributed by atoms with Gasteiger partial charge in [0.25, 0.3) is 0 Å². The molecule has 0 aliphatic rings. The third-order valence-corrected chi connectivity index (χ3v) is 3.23. The van der Waals surface area contributed by atoms with Crippen molar-refractivity contribution < 1.29 is 0 Å². The van der Waals surface area contributed by atoms with E-state index >= 15 is 0 Å². The van der Waals surface area contributed by atoms with Gasteiger partial charge in [0.05, 0.1) is 15.2 Å². The predicted octanol–water partition coefficient (Wildman–Crippen LogP) is 3.95. The lowest BCUT2D eigenvalue weighted by Crippen LogP contribution is -1.84. The molecule has 1 aromatic heterocycles. The number of fused-ring (bicyclic) bond motifs is 1. The smallest absolute Gasteiger partial charge is 0.0907 e. The van der Waals surface area contributed by atoms with Crippen LogP contribution in [0.3, 0.4) is 0 Å². The Morgan fingerprint density at radius 2 is 2.07 bits per heavy atom. The molecule has 0 bridgehead atoms. The molecule has 2 heteroatoms. The van der Waals surface area contributed by atoms with E-state index in [0.29, 0.717) is 0 Å². The molecular formula is C12H13NS. The Labute approximate surface area is 88.1 Å². The van der Waals surface area contributed by atoms with Gasteiger partial charge in [-0.05, 0) is 44.0 Å². The first-order valence-electron chi connectivity index (χ1n) is 4.61. The number of aromatic nitrogens is 1. The van der Waals surface area contributed by atoms with E-state index < -0.39 is 0 Å². The third-order valence-electron chi connectivity index (χ3n) is 2.30. The van der Waals surface area contributed by atoms with Crippen molar-refractivity contribution in [3.8, 4) is 0 Å². The van der Waals surface area contributed by atoms with Gasteiger partial charge in [0.15, 0.2) is 0 Å². The van der Waals surface area contributed by atoms with Crippen molar-refractivity contribution in [2.24, 2.45) is 0 Å². The van der Waals surface area contributed by atoms with Crippen LogP contribution < -0.4 is 0 Å². The highest BCUT2D eigenvalue weighted by molar-refractivity contribution is 7.18. The van der Waals surface area contributed by atoms with Gasteiger partial charge in [-0.2, -0.15) is 0 Å². The molecule has 0 atom stereocenters. The summed E-state index contributed by atoms with van der Waals surface area (Å²) in [6.07, 6.45) is 0. The zero-order valence-electron chi connectivity index (χ0n) is 8.72. The predicted molar refractivity (Wildman–Crippen MR) is 63.8 cm³/mol. The van der Waals surface area contributed by atoms with Crippen molar-refractivity contribution in [1.29, 1.82) is 0 Å². The molecule has 0 radical (unpaired) electrons. The summed E-state index contributed by atoms with van der Waals surface area (Å²) >= 11 is 1.74. The van der Waals surface area contributed by atoms with Crippen molar-refractivity contribution in [3.05, 3.63) is 34.8 Å². The lowest BCUT2D eigenvalue weighted by Gasteiger charge is -2.03. The Kier molecular flexibility index (Phi) is 2.16. The number of benzene rings is 1.